The molecule has 0 spiro atoms. The van der Waals surface area contributed by atoms with E-state index in [0.717, 1.165) is 18.6 Å². The minimum atomic E-state index is -0.287. The van der Waals surface area contributed by atoms with Gasteiger partial charge in [-0.15, -0.1) is 0 Å². The van der Waals surface area contributed by atoms with Crippen LogP contribution in [0.4, 0.5) is 0 Å². The molecule has 7 heteroatoms. The normalized spacial score (nSPS) is 15.5. The van der Waals surface area contributed by atoms with Gasteiger partial charge in [-0.2, -0.15) is 0 Å². The molecule has 172 valence electrons. The fourth-order valence-electron chi connectivity index (χ4n) is 3.31. The standard InChI is InChI=1S/C24H37N3O4/c1-5-6-15-31-21-9-7-19(8-10-21)23(29)25-16-22(28)27-13-11-20(12-14-27)24(30)26-18(4)17(2)3/h7-10,17-18,20H,5-6,11-16H2,1-4H3,(H,25,29)(H,26,30). The fourth-order valence-corrected chi connectivity index (χ4v) is 3.31. The number of nitrogens with one attached hydrogen (secondary N) is 2. The molecule has 0 aliphatic carbocycles. The maximum absolute atomic E-state index is 12.5. The van der Waals surface area contributed by atoms with Crippen LogP contribution in [0.2, 0.25) is 0 Å². The number of nitrogens with zero attached hydrogens (tertiary/aromatic N) is 1. The number of amides is 3. The Kier molecular flexibility index (Phi) is 9.82. The highest BCUT2D eigenvalue weighted by Crippen LogP contribution is 2.18. The number of piperidine rings is 1. The van der Waals surface area contributed by atoms with Crippen LogP contribution in [0, 0.1) is 11.8 Å². The van der Waals surface area contributed by atoms with Gasteiger partial charge in [-0.05, 0) is 56.4 Å². The second-order valence-electron chi connectivity index (χ2n) is 8.61. The van der Waals surface area contributed by atoms with Crippen molar-refractivity contribution < 1.29 is 19.1 Å². The molecule has 1 atom stereocenters. The molecule has 0 radical (unpaired) electrons. The average Bonchev–Trinajstić information content (AvgIpc) is 2.77. The van der Waals surface area contributed by atoms with Gasteiger partial charge in [0.15, 0.2) is 0 Å². The van der Waals surface area contributed by atoms with Gasteiger partial charge in [0.2, 0.25) is 11.8 Å². The molecule has 1 saturated heterocycles. The summed E-state index contributed by atoms with van der Waals surface area (Å²) < 4.78 is 5.60. The van der Waals surface area contributed by atoms with Crippen LogP contribution >= 0.6 is 0 Å². The van der Waals surface area contributed by atoms with E-state index < -0.39 is 0 Å². The van der Waals surface area contributed by atoms with E-state index in [4.69, 9.17) is 4.74 Å². The first kappa shape index (κ1) is 24.7. The lowest BCUT2D eigenvalue weighted by atomic mass is 9.94. The van der Waals surface area contributed by atoms with E-state index >= 15 is 0 Å². The van der Waals surface area contributed by atoms with E-state index in [1.165, 1.54) is 0 Å². The number of rotatable bonds is 10. The lowest BCUT2D eigenvalue weighted by Crippen LogP contribution is -2.47. The first-order valence-electron chi connectivity index (χ1n) is 11.4. The molecule has 1 aliphatic heterocycles. The average molecular weight is 432 g/mol. The molecular formula is C24H37N3O4. The molecule has 0 saturated carbocycles. The third kappa shape index (κ3) is 7.89. The predicted octanol–water partition coefficient (Wildman–Crippen LogP) is 2.99. The van der Waals surface area contributed by atoms with Crippen molar-refractivity contribution >= 4 is 17.7 Å². The van der Waals surface area contributed by atoms with Crippen LogP contribution in [-0.2, 0) is 9.59 Å². The second-order valence-corrected chi connectivity index (χ2v) is 8.61. The molecule has 1 aromatic rings. The summed E-state index contributed by atoms with van der Waals surface area (Å²) in [6.07, 6.45) is 3.35. The Labute approximate surface area is 185 Å². The van der Waals surface area contributed by atoms with E-state index in [0.29, 0.717) is 44.0 Å². The van der Waals surface area contributed by atoms with Gasteiger partial charge in [-0.1, -0.05) is 27.2 Å². The van der Waals surface area contributed by atoms with Gasteiger partial charge in [0.25, 0.3) is 5.91 Å². The van der Waals surface area contributed by atoms with Crippen LogP contribution in [0.15, 0.2) is 24.3 Å². The van der Waals surface area contributed by atoms with Gasteiger partial charge in [0.05, 0.1) is 13.2 Å². The van der Waals surface area contributed by atoms with Crippen molar-refractivity contribution in [3.8, 4) is 5.75 Å². The Hall–Kier alpha value is -2.57. The van der Waals surface area contributed by atoms with Crippen LogP contribution in [0.5, 0.6) is 5.75 Å². The topological polar surface area (TPSA) is 87.7 Å². The van der Waals surface area contributed by atoms with Crippen LogP contribution < -0.4 is 15.4 Å². The van der Waals surface area contributed by atoms with Crippen LogP contribution in [0.25, 0.3) is 0 Å². The minimum Gasteiger partial charge on any atom is -0.494 e. The summed E-state index contributed by atoms with van der Waals surface area (Å²) in [6.45, 7) is 9.95. The quantitative estimate of drug-likeness (QED) is 0.558. The van der Waals surface area contributed by atoms with E-state index in [1.807, 2.05) is 6.92 Å². The van der Waals surface area contributed by atoms with Crippen molar-refractivity contribution in [3.05, 3.63) is 29.8 Å². The largest absolute Gasteiger partial charge is 0.494 e. The van der Waals surface area contributed by atoms with E-state index in [-0.39, 0.29) is 36.2 Å². The van der Waals surface area contributed by atoms with E-state index in [9.17, 15) is 14.4 Å². The highest BCUT2D eigenvalue weighted by molar-refractivity contribution is 5.96. The third-order valence-electron chi connectivity index (χ3n) is 5.87. The monoisotopic (exact) mass is 431 g/mol. The number of unbranched alkanes of at least 4 members (excludes halogenated alkanes) is 1. The van der Waals surface area contributed by atoms with Gasteiger partial charge in [-0.25, -0.2) is 0 Å². The number of hydrogen-bond acceptors (Lipinski definition) is 4. The Morgan fingerprint density at radius 1 is 1.10 bits per heavy atom. The molecule has 7 nitrogen and oxygen atoms in total. The summed E-state index contributed by atoms with van der Waals surface area (Å²) >= 11 is 0. The molecule has 0 aromatic heterocycles. The molecule has 1 aromatic carbocycles. The Morgan fingerprint density at radius 3 is 2.32 bits per heavy atom. The molecule has 2 N–H and O–H groups in total. The highest BCUT2D eigenvalue weighted by Gasteiger charge is 2.28. The number of hydrogen-bond donors (Lipinski definition) is 2. The maximum Gasteiger partial charge on any atom is 0.251 e. The van der Waals surface area contributed by atoms with Crippen molar-refractivity contribution in [1.29, 1.82) is 0 Å². The third-order valence-corrected chi connectivity index (χ3v) is 5.87. The molecule has 1 fully saturated rings. The first-order chi connectivity index (χ1) is 14.8. The summed E-state index contributed by atoms with van der Waals surface area (Å²) in [7, 11) is 0. The Morgan fingerprint density at radius 2 is 1.74 bits per heavy atom. The molecule has 1 aliphatic rings. The van der Waals surface area contributed by atoms with Crippen LogP contribution in [-0.4, -0.2) is 54.9 Å². The summed E-state index contributed by atoms with van der Waals surface area (Å²) in [5, 5.41) is 5.75. The Balaban J connectivity index is 1.73. The molecule has 0 bridgehead atoms. The summed E-state index contributed by atoms with van der Waals surface area (Å²) in [5.74, 6) is 0.726. The Bertz CT molecular complexity index is 725. The highest BCUT2D eigenvalue weighted by atomic mass is 16.5. The summed E-state index contributed by atoms with van der Waals surface area (Å²) in [4.78, 5) is 38.9. The smallest absolute Gasteiger partial charge is 0.251 e. The molecule has 31 heavy (non-hydrogen) atoms. The number of likely N-dealkylation sites (tertiary alicyclic amines) is 1. The zero-order valence-electron chi connectivity index (χ0n) is 19.3. The molecule has 2 rings (SSSR count). The van der Waals surface area contributed by atoms with Gasteiger partial charge < -0.3 is 20.3 Å². The molecule has 1 heterocycles. The van der Waals surface area contributed by atoms with Crippen molar-refractivity contribution in [2.24, 2.45) is 11.8 Å². The lowest BCUT2D eigenvalue weighted by molar-refractivity contribution is -0.135. The van der Waals surface area contributed by atoms with Crippen LogP contribution in [0.3, 0.4) is 0 Å². The number of benzene rings is 1. The number of ether oxygens (including phenoxy) is 1. The van der Waals surface area contributed by atoms with Crippen molar-refractivity contribution in [1.82, 2.24) is 15.5 Å². The van der Waals surface area contributed by atoms with Crippen molar-refractivity contribution in [3.63, 3.8) is 0 Å². The van der Waals surface area contributed by atoms with E-state index in [2.05, 4.69) is 31.4 Å². The van der Waals surface area contributed by atoms with Crippen molar-refractivity contribution in [2.75, 3.05) is 26.2 Å². The summed E-state index contributed by atoms with van der Waals surface area (Å²) in [5.41, 5.74) is 0.491. The maximum atomic E-state index is 12.5. The zero-order chi connectivity index (χ0) is 22.8. The minimum absolute atomic E-state index is 0.0468. The predicted molar refractivity (Wildman–Crippen MR) is 121 cm³/mol. The molecule has 3 amide bonds. The zero-order valence-corrected chi connectivity index (χ0v) is 19.3. The van der Waals surface area contributed by atoms with Crippen LogP contribution in [0.1, 0.15) is 63.7 Å². The second kappa shape index (κ2) is 12.3. The summed E-state index contributed by atoms with van der Waals surface area (Å²) in [6, 6.07) is 7.07. The SMILES string of the molecule is CCCCOc1ccc(C(=O)NCC(=O)N2CCC(C(=O)NC(C)C(C)C)CC2)cc1. The molecular weight excluding hydrogens is 394 g/mol. The fraction of sp³-hybridized carbons (Fsp3) is 0.625. The lowest BCUT2D eigenvalue weighted by Gasteiger charge is -2.32. The van der Waals surface area contributed by atoms with Crippen molar-refractivity contribution in [2.45, 2.75) is 59.4 Å². The molecule has 1 unspecified atom stereocenters. The van der Waals surface area contributed by atoms with Gasteiger partial charge >= 0.3 is 0 Å². The number of carbonyl (C=O) groups is 3. The van der Waals surface area contributed by atoms with Gasteiger partial charge in [0, 0.05) is 30.6 Å². The van der Waals surface area contributed by atoms with E-state index in [1.54, 1.807) is 29.2 Å². The first-order valence-corrected chi connectivity index (χ1v) is 11.4. The van der Waals surface area contributed by atoms with Gasteiger partial charge in [0.1, 0.15) is 5.75 Å². The van der Waals surface area contributed by atoms with Gasteiger partial charge in [-0.3, -0.25) is 14.4 Å². The number of carbonyl (C=O) groups excluding carboxylic acids is 3.